The standard InChI is InChI=1S/2C34H19NO.2C34H19NS/c1-7-15-28-20(9-1)17-30-34-25-14-5-3-11-22(25)21-10-2-4-13-24(21)33(34)27-19-32-26(18-29(27)35(28)30)23-12-6-8-16-31(23)36-32;1-7-15-28-20(9-1)17-30-34-25-14-5-3-11-22(25)21-10-2-4-13-24(21)33(34)27-18-26-23-12-6-8-16-31(23)36-32(26)19-29(27)35(28)30;1-7-15-28-20(9-1)17-30-34-25-14-5-3-11-22(25)21-10-2-4-13-24(21)33(34)27-19-32-26(18-29(27)35(28)30)23-12-6-8-16-31(23)36-32;1-7-15-28-20(9-1)17-30-34-25-14-5-3-11-22(25)21-10-2-4-13-24(21)33(34)27-18-26-23-12-6-8-16-31(23)36-32(26)19-29(27)35(28)30/h4*1-19H. The van der Waals surface area contributed by atoms with Gasteiger partial charge in [-0.2, -0.15) is 0 Å². The first-order valence-electron chi connectivity index (χ1n) is 49.5. The molecule has 12 aromatic heterocycles. The van der Waals surface area contributed by atoms with Gasteiger partial charge in [0.2, 0.25) is 0 Å². The summed E-state index contributed by atoms with van der Waals surface area (Å²) in [7, 11) is 0. The second-order valence-corrected chi connectivity index (χ2v) is 41.1. The molecule has 664 valence electrons. The highest BCUT2D eigenvalue weighted by Crippen LogP contribution is 2.53. The van der Waals surface area contributed by atoms with E-state index in [-0.39, 0.29) is 0 Å². The van der Waals surface area contributed by atoms with Crippen LogP contribution in [0.2, 0.25) is 0 Å². The number of fused-ring (bicyclic) bond motifs is 64. The lowest BCUT2D eigenvalue weighted by molar-refractivity contribution is 0.669. The molecular weight excluding hydrogens is 1790 g/mol. The monoisotopic (exact) mass is 1860 g/mol. The van der Waals surface area contributed by atoms with Gasteiger partial charge in [-0.15, -0.1) is 22.7 Å². The third-order valence-electron chi connectivity index (χ3n) is 31.6. The van der Waals surface area contributed by atoms with Crippen LogP contribution >= 0.6 is 22.7 Å². The molecule has 0 unspecified atom stereocenters. The van der Waals surface area contributed by atoms with Crippen molar-refractivity contribution in [3.05, 3.63) is 461 Å². The third-order valence-corrected chi connectivity index (χ3v) is 33.9. The fourth-order valence-electron chi connectivity index (χ4n) is 25.7. The largest absolute Gasteiger partial charge is 0.456 e. The molecule has 6 nitrogen and oxygen atoms in total. The number of rotatable bonds is 0. The summed E-state index contributed by atoms with van der Waals surface area (Å²) in [4.78, 5) is 0. The summed E-state index contributed by atoms with van der Waals surface area (Å²) in [6, 6.07) is 169. The van der Waals surface area contributed by atoms with Crippen molar-refractivity contribution < 1.29 is 8.83 Å². The number of nitrogens with zero attached hydrogens (tertiary/aromatic N) is 4. The molecule has 0 bridgehead atoms. The molecule has 0 aliphatic rings. The van der Waals surface area contributed by atoms with Gasteiger partial charge in [-0.3, -0.25) is 0 Å². The first-order valence-corrected chi connectivity index (χ1v) is 51.1. The quantitative estimate of drug-likeness (QED) is 0.142. The molecule has 24 aromatic carbocycles. The van der Waals surface area contributed by atoms with Gasteiger partial charge in [0.05, 0.1) is 66.2 Å². The van der Waals surface area contributed by atoms with Crippen LogP contribution in [0, 0.1) is 0 Å². The van der Waals surface area contributed by atoms with Gasteiger partial charge < -0.3 is 26.4 Å². The Kier molecular flexibility index (Phi) is 16.1. The molecule has 0 radical (unpaired) electrons. The Morgan fingerprint density at radius 2 is 0.347 bits per heavy atom. The predicted molar refractivity (Wildman–Crippen MR) is 620 cm³/mol. The summed E-state index contributed by atoms with van der Waals surface area (Å²) in [5, 5.41) is 51.6. The molecule has 0 aliphatic carbocycles. The molecule has 144 heavy (non-hydrogen) atoms. The van der Waals surface area contributed by atoms with Crippen molar-refractivity contribution in [1.82, 2.24) is 17.6 Å². The third kappa shape index (κ3) is 10.9. The molecule has 0 N–H and O–H groups in total. The molecule has 8 heteroatoms. The van der Waals surface area contributed by atoms with Gasteiger partial charge >= 0.3 is 0 Å². The zero-order chi connectivity index (χ0) is 93.5. The molecule has 0 spiro atoms. The minimum atomic E-state index is 0.923. The summed E-state index contributed by atoms with van der Waals surface area (Å²) in [5.74, 6) is 0. The summed E-state index contributed by atoms with van der Waals surface area (Å²) in [6.45, 7) is 0. The Morgan fingerprint density at radius 3 is 0.701 bits per heavy atom. The van der Waals surface area contributed by atoms with Crippen molar-refractivity contribution in [3.63, 3.8) is 0 Å². The Hall–Kier alpha value is -18.4. The summed E-state index contributed by atoms with van der Waals surface area (Å²) < 4.78 is 28.0. The summed E-state index contributed by atoms with van der Waals surface area (Å²) in [5.41, 5.74) is 18.6. The highest BCUT2D eigenvalue weighted by Gasteiger charge is 2.28. The van der Waals surface area contributed by atoms with Crippen molar-refractivity contribution in [2.75, 3.05) is 0 Å². The minimum Gasteiger partial charge on any atom is -0.456 e. The lowest BCUT2D eigenvalue weighted by Crippen LogP contribution is -1.93. The SMILES string of the molecule is c1ccc2c(c1)cc1c3c4ccccc4c4ccccc4c3c3cc4c(cc3n21)oc1ccccc14.c1ccc2c(c1)cc1c3c4ccccc4c4ccccc4c3c3cc4c(cc3n21)sc1ccccc14.c1ccc2c(c1)cc1c3c4ccccc4c4ccccc4c3c3cc4oc5ccccc5c4cc3n21.c1ccc2c(c1)cc1c3c4ccccc4c4ccccc4c3c3cc4sc5ccccc5c4cc3n21. The van der Waals surface area contributed by atoms with Crippen molar-refractivity contribution in [2.24, 2.45) is 0 Å². The minimum absolute atomic E-state index is 0.923. The van der Waals surface area contributed by atoms with E-state index in [1.807, 2.05) is 34.8 Å². The number of hydrogen-bond acceptors (Lipinski definition) is 4. The van der Waals surface area contributed by atoms with Crippen LogP contribution in [-0.2, 0) is 0 Å². The fraction of sp³-hybridized carbons (Fsp3) is 0. The number of thiophene rings is 2. The lowest BCUT2D eigenvalue weighted by Gasteiger charge is -2.16. The Morgan fingerprint density at radius 1 is 0.118 bits per heavy atom. The average molecular weight is 1860 g/mol. The normalized spacial score (nSPS) is 12.4. The number of aromatic nitrogens is 4. The number of para-hydroxylation sites is 6. The van der Waals surface area contributed by atoms with Crippen LogP contribution in [-0.4, -0.2) is 17.6 Å². The maximum Gasteiger partial charge on any atom is 0.137 e. The number of hydrogen-bond donors (Lipinski definition) is 0. The zero-order valence-corrected chi connectivity index (χ0v) is 78.9. The van der Waals surface area contributed by atoms with Crippen molar-refractivity contribution >= 4 is 345 Å². The maximum atomic E-state index is 6.38. The molecule has 12 heterocycles. The van der Waals surface area contributed by atoms with Crippen molar-refractivity contribution in [2.45, 2.75) is 0 Å². The number of pyridine rings is 4. The van der Waals surface area contributed by atoms with Crippen LogP contribution in [0.15, 0.2) is 470 Å². The molecule has 0 atom stereocenters. The summed E-state index contributed by atoms with van der Waals surface area (Å²) in [6.07, 6.45) is 0. The van der Waals surface area contributed by atoms with Gasteiger partial charge in [-0.05, 0) is 201 Å². The Bertz CT molecular complexity index is 11500. The van der Waals surface area contributed by atoms with Gasteiger partial charge in [-0.25, -0.2) is 0 Å². The lowest BCUT2D eigenvalue weighted by atomic mass is 9.91. The van der Waals surface area contributed by atoms with Crippen LogP contribution in [0.4, 0.5) is 0 Å². The van der Waals surface area contributed by atoms with E-state index < -0.39 is 0 Å². The van der Waals surface area contributed by atoms with Crippen LogP contribution in [0.25, 0.3) is 323 Å². The van der Waals surface area contributed by atoms with E-state index in [4.69, 9.17) is 8.83 Å². The predicted octanol–water partition coefficient (Wildman–Crippen LogP) is 39.4. The highest BCUT2D eigenvalue weighted by molar-refractivity contribution is 7.26. The van der Waals surface area contributed by atoms with Gasteiger partial charge in [-0.1, -0.05) is 340 Å². The molecule has 0 amide bonds. The van der Waals surface area contributed by atoms with Crippen molar-refractivity contribution in [3.8, 4) is 0 Å². The van der Waals surface area contributed by atoms with Crippen LogP contribution in [0.5, 0.6) is 0 Å². The molecule has 36 aromatic rings. The van der Waals surface area contributed by atoms with Gasteiger partial charge in [0.1, 0.15) is 22.3 Å². The van der Waals surface area contributed by atoms with Gasteiger partial charge in [0.15, 0.2) is 0 Å². The zero-order valence-electron chi connectivity index (χ0n) is 77.3. The second-order valence-electron chi connectivity index (χ2n) is 38.9. The van der Waals surface area contributed by atoms with E-state index in [1.54, 1.807) is 0 Å². The maximum absolute atomic E-state index is 6.38. The van der Waals surface area contributed by atoms with E-state index >= 15 is 0 Å². The molecule has 0 fully saturated rings. The van der Waals surface area contributed by atoms with E-state index in [2.05, 4.69) is 467 Å². The fourth-order valence-corrected chi connectivity index (χ4v) is 28.0. The smallest absolute Gasteiger partial charge is 0.137 e. The average Bonchev–Trinajstić information content (AvgIpc) is 1.47. The topological polar surface area (TPSA) is 43.9 Å². The van der Waals surface area contributed by atoms with E-state index in [0.717, 1.165) is 43.9 Å². The van der Waals surface area contributed by atoms with Crippen molar-refractivity contribution in [1.29, 1.82) is 0 Å². The van der Waals surface area contributed by atoms with E-state index in [9.17, 15) is 0 Å². The van der Waals surface area contributed by atoms with E-state index in [0.29, 0.717) is 0 Å². The summed E-state index contributed by atoms with van der Waals surface area (Å²) >= 11 is 3.79. The Balaban J connectivity index is 0.0000000844. The van der Waals surface area contributed by atoms with Crippen LogP contribution in [0.3, 0.4) is 0 Å². The van der Waals surface area contributed by atoms with Crippen LogP contribution in [0.1, 0.15) is 0 Å². The number of furan rings is 2. The number of benzene rings is 24. The first kappa shape index (κ1) is 78.5. The molecule has 0 saturated heterocycles. The molecule has 0 saturated carbocycles. The van der Waals surface area contributed by atoms with Gasteiger partial charge in [0.25, 0.3) is 0 Å². The first-order chi connectivity index (χ1) is 71.5. The molecule has 0 aliphatic heterocycles. The highest BCUT2D eigenvalue weighted by atomic mass is 32.1. The van der Waals surface area contributed by atoms with Gasteiger partial charge in [0, 0.05) is 154 Å². The molecule has 36 rings (SSSR count). The molecular formula is C136H76N4O2S2. The van der Waals surface area contributed by atoms with E-state index in [1.165, 1.54) is 279 Å². The second kappa shape index (κ2) is 29.6. The van der Waals surface area contributed by atoms with Crippen LogP contribution < -0.4 is 0 Å². The Labute approximate surface area is 826 Å².